The van der Waals surface area contributed by atoms with E-state index in [1.807, 2.05) is 24.3 Å². The van der Waals surface area contributed by atoms with Crippen LogP contribution >= 0.6 is 11.6 Å². The topological polar surface area (TPSA) is 103 Å². The highest BCUT2D eigenvalue weighted by Crippen LogP contribution is 2.40. The van der Waals surface area contributed by atoms with Crippen molar-refractivity contribution in [2.45, 2.75) is 12.8 Å². The van der Waals surface area contributed by atoms with Gasteiger partial charge in [-0.05, 0) is 48.9 Å². The van der Waals surface area contributed by atoms with Crippen LogP contribution in [0.4, 0.5) is 0 Å². The lowest BCUT2D eigenvalue weighted by Gasteiger charge is -2.32. The van der Waals surface area contributed by atoms with Crippen LogP contribution in [0, 0.1) is 0 Å². The van der Waals surface area contributed by atoms with E-state index in [0.29, 0.717) is 51.4 Å². The fourth-order valence-electron chi connectivity index (χ4n) is 3.73. The molecule has 0 saturated carbocycles. The Morgan fingerprint density at radius 1 is 1.17 bits per heavy atom. The molecule has 1 unspecified atom stereocenters. The van der Waals surface area contributed by atoms with Gasteiger partial charge < -0.3 is 21.5 Å². The van der Waals surface area contributed by atoms with Crippen LogP contribution in [0.2, 0.25) is 5.02 Å². The van der Waals surface area contributed by atoms with E-state index in [-0.39, 0.29) is 18.2 Å². The minimum Gasteiger partial charge on any atom is -0.457 e. The Kier molecular flexibility index (Phi) is 5.13. The number of hydrogen-bond acceptors (Lipinski definition) is 6. The molecule has 29 heavy (non-hydrogen) atoms. The molecule has 0 radical (unpaired) electrons. The number of allylic oxidation sites excluding steroid dienone is 1. The van der Waals surface area contributed by atoms with Gasteiger partial charge in [0.05, 0.1) is 12.2 Å². The number of carbonyl (C=O) groups excluding carboxylic acids is 1. The molecule has 0 saturated heterocycles. The summed E-state index contributed by atoms with van der Waals surface area (Å²) in [6.45, 7) is 2.54. The number of nitrogens with two attached hydrogens (primary N) is 2. The number of amidine groups is 1. The first-order valence-corrected chi connectivity index (χ1v) is 9.63. The second-order valence-corrected chi connectivity index (χ2v) is 7.48. The number of Topliss-reactive ketones (excluding diaryl/α,β-unsaturated/α-hetero) is 1. The Morgan fingerprint density at radius 2 is 1.93 bits per heavy atom. The zero-order valence-corrected chi connectivity index (χ0v) is 16.7. The van der Waals surface area contributed by atoms with Gasteiger partial charge in [0.2, 0.25) is 0 Å². The SMILES string of the molecule is C/C(N)=C1/C(N)=NC2=C(C(=O)CNC2)C1c1cccc(Oc2ccc(Cl)cc2)c1. The molecule has 4 rings (SSSR count). The van der Waals surface area contributed by atoms with Gasteiger partial charge in [0, 0.05) is 34.3 Å². The summed E-state index contributed by atoms with van der Waals surface area (Å²) in [7, 11) is 0. The molecule has 6 nitrogen and oxygen atoms in total. The number of carbonyl (C=O) groups is 1. The Labute approximate surface area is 173 Å². The minimum absolute atomic E-state index is 0.00438. The number of nitrogens with zero attached hydrogens (tertiary/aromatic N) is 1. The van der Waals surface area contributed by atoms with E-state index >= 15 is 0 Å². The highest BCUT2D eigenvalue weighted by Gasteiger charge is 2.36. The Bertz CT molecular complexity index is 1070. The van der Waals surface area contributed by atoms with Crippen molar-refractivity contribution in [2.75, 3.05) is 13.1 Å². The molecule has 0 bridgehead atoms. The van der Waals surface area contributed by atoms with Crippen LogP contribution in [0.15, 0.2) is 76.1 Å². The van der Waals surface area contributed by atoms with Gasteiger partial charge in [-0.1, -0.05) is 23.7 Å². The Morgan fingerprint density at radius 3 is 2.66 bits per heavy atom. The number of rotatable bonds is 3. The molecule has 1 atom stereocenters. The van der Waals surface area contributed by atoms with Crippen molar-refractivity contribution in [3.63, 3.8) is 0 Å². The average molecular weight is 409 g/mol. The molecule has 7 heteroatoms. The van der Waals surface area contributed by atoms with Crippen LogP contribution in [-0.2, 0) is 4.79 Å². The predicted molar refractivity (Wildman–Crippen MR) is 114 cm³/mol. The van der Waals surface area contributed by atoms with Gasteiger partial charge in [0.15, 0.2) is 5.78 Å². The summed E-state index contributed by atoms with van der Waals surface area (Å²) in [6.07, 6.45) is 0. The van der Waals surface area contributed by atoms with Gasteiger partial charge >= 0.3 is 0 Å². The van der Waals surface area contributed by atoms with Gasteiger partial charge in [-0.2, -0.15) is 0 Å². The molecule has 148 valence electrons. The van der Waals surface area contributed by atoms with E-state index in [2.05, 4.69) is 10.3 Å². The normalized spacial score (nSPS) is 20.8. The maximum atomic E-state index is 12.8. The molecule has 2 aromatic rings. The molecule has 0 aliphatic carbocycles. The smallest absolute Gasteiger partial charge is 0.175 e. The lowest BCUT2D eigenvalue weighted by atomic mass is 9.77. The molecule has 2 aliphatic rings. The number of ketones is 1. The minimum atomic E-state index is -0.379. The summed E-state index contributed by atoms with van der Waals surface area (Å²) in [6, 6.07) is 14.7. The highest BCUT2D eigenvalue weighted by atomic mass is 35.5. The van der Waals surface area contributed by atoms with Crippen molar-refractivity contribution in [1.82, 2.24) is 5.32 Å². The summed E-state index contributed by atoms with van der Waals surface area (Å²) in [4.78, 5) is 17.2. The molecule has 2 heterocycles. The van der Waals surface area contributed by atoms with Crippen LogP contribution in [0.5, 0.6) is 11.5 Å². The summed E-state index contributed by atoms with van der Waals surface area (Å²) in [5.74, 6) is 1.27. The van der Waals surface area contributed by atoms with Crippen LogP contribution in [0.25, 0.3) is 0 Å². The molecule has 2 aliphatic heterocycles. The maximum Gasteiger partial charge on any atom is 0.175 e. The first-order valence-electron chi connectivity index (χ1n) is 9.25. The summed E-state index contributed by atoms with van der Waals surface area (Å²) in [5, 5.41) is 3.71. The van der Waals surface area contributed by atoms with Gasteiger partial charge in [0.25, 0.3) is 0 Å². The third-order valence-corrected chi connectivity index (χ3v) is 5.22. The Balaban J connectivity index is 1.78. The monoisotopic (exact) mass is 408 g/mol. The first kappa shape index (κ1) is 19.2. The molecule has 0 aromatic heterocycles. The van der Waals surface area contributed by atoms with E-state index in [4.69, 9.17) is 27.8 Å². The molecule has 2 aromatic carbocycles. The molecule has 0 fully saturated rings. The summed E-state index contributed by atoms with van der Waals surface area (Å²) >= 11 is 5.94. The number of hydrogen-bond donors (Lipinski definition) is 3. The first-order chi connectivity index (χ1) is 13.9. The van der Waals surface area contributed by atoms with E-state index in [1.54, 1.807) is 31.2 Å². The third-order valence-electron chi connectivity index (χ3n) is 4.96. The fourth-order valence-corrected chi connectivity index (χ4v) is 3.86. The van der Waals surface area contributed by atoms with Crippen molar-refractivity contribution in [2.24, 2.45) is 16.5 Å². The van der Waals surface area contributed by atoms with Gasteiger partial charge in [-0.25, -0.2) is 4.99 Å². The largest absolute Gasteiger partial charge is 0.457 e. The molecular formula is C22H21ClN4O2. The van der Waals surface area contributed by atoms with Crippen LogP contribution in [0.3, 0.4) is 0 Å². The molecular weight excluding hydrogens is 388 g/mol. The zero-order valence-electron chi connectivity index (χ0n) is 15.9. The van der Waals surface area contributed by atoms with Gasteiger partial charge in [-0.3, -0.25) is 4.79 Å². The lowest BCUT2D eigenvalue weighted by Crippen LogP contribution is -2.40. The van der Waals surface area contributed by atoms with Crippen LogP contribution < -0.4 is 21.5 Å². The summed E-state index contributed by atoms with van der Waals surface area (Å²) < 4.78 is 5.97. The lowest BCUT2D eigenvalue weighted by molar-refractivity contribution is -0.115. The molecule has 0 spiro atoms. The average Bonchev–Trinajstić information content (AvgIpc) is 2.69. The molecule has 5 N–H and O–H groups in total. The zero-order chi connectivity index (χ0) is 20.5. The number of aliphatic imine (C=N–C) groups is 1. The van der Waals surface area contributed by atoms with E-state index in [1.165, 1.54) is 0 Å². The highest BCUT2D eigenvalue weighted by molar-refractivity contribution is 6.30. The van der Waals surface area contributed by atoms with Crippen molar-refractivity contribution in [3.8, 4) is 11.5 Å². The fraction of sp³-hybridized carbons (Fsp3) is 0.182. The number of nitrogens with one attached hydrogen (secondary N) is 1. The number of benzene rings is 2. The van der Waals surface area contributed by atoms with Crippen LogP contribution in [0.1, 0.15) is 18.4 Å². The third kappa shape index (κ3) is 3.77. The van der Waals surface area contributed by atoms with Crippen LogP contribution in [-0.4, -0.2) is 24.7 Å². The second kappa shape index (κ2) is 7.73. The summed E-state index contributed by atoms with van der Waals surface area (Å²) in [5.41, 5.74) is 15.8. The maximum absolute atomic E-state index is 12.8. The number of ether oxygens (including phenoxy) is 1. The Hall–Kier alpha value is -3.09. The van der Waals surface area contributed by atoms with Crippen molar-refractivity contribution < 1.29 is 9.53 Å². The van der Waals surface area contributed by atoms with Gasteiger partial charge in [-0.15, -0.1) is 0 Å². The van der Waals surface area contributed by atoms with Crippen molar-refractivity contribution in [3.05, 3.63) is 81.7 Å². The quantitative estimate of drug-likeness (QED) is 0.723. The van der Waals surface area contributed by atoms with Crippen molar-refractivity contribution in [1.29, 1.82) is 0 Å². The van der Waals surface area contributed by atoms with E-state index in [9.17, 15) is 4.79 Å². The second-order valence-electron chi connectivity index (χ2n) is 7.04. The standard InChI is InChI=1S/C22H21ClN4O2/c1-12(24)19-20(21-17(27-22(19)25)10-26-11-18(21)28)13-3-2-4-16(9-13)29-15-7-5-14(23)6-8-15/h2-9,20,26H,10-11,24H2,1H3,(H2,25,27)/b19-12-. The van der Waals surface area contributed by atoms with Gasteiger partial charge in [0.1, 0.15) is 17.3 Å². The number of halogens is 1. The van der Waals surface area contributed by atoms with E-state index < -0.39 is 0 Å². The predicted octanol–water partition coefficient (Wildman–Crippen LogP) is 3.25. The van der Waals surface area contributed by atoms with Crippen molar-refractivity contribution >= 4 is 23.2 Å². The van der Waals surface area contributed by atoms with E-state index in [0.717, 1.165) is 5.56 Å². The molecule has 0 amide bonds.